The van der Waals surface area contributed by atoms with Crippen LogP contribution in [0.3, 0.4) is 0 Å². The maximum absolute atomic E-state index is 13.5. The van der Waals surface area contributed by atoms with Crippen molar-refractivity contribution in [1.29, 1.82) is 0 Å². The lowest BCUT2D eigenvalue weighted by Crippen LogP contribution is -2.15. The molecule has 0 amide bonds. The van der Waals surface area contributed by atoms with Gasteiger partial charge < -0.3 is 0 Å². The quantitative estimate of drug-likeness (QED) is 0.563. The molecule has 1 atom stereocenters. The van der Waals surface area contributed by atoms with E-state index in [2.05, 4.69) is 32.9 Å². The summed E-state index contributed by atoms with van der Waals surface area (Å²) in [4.78, 5) is 0. The molecule has 2 aromatic rings. The Morgan fingerprint density at radius 1 is 1.10 bits per heavy atom. The molecule has 0 bridgehead atoms. The first-order chi connectivity index (χ1) is 9.86. The Kier molecular flexibility index (Phi) is 4.95. The van der Waals surface area contributed by atoms with E-state index >= 15 is 0 Å². The summed E-state index contributed by atoms with van der Waals surface area (Å²) >= 11 is 12.5. The molecule has 0 nitrogen and oxygen atoms in total. The van der Waals surface area contributed by atoms with Gasteiger partial charge in [0.1, 0.15) is 5.82 Å². The minimum atomic E-state index is -0.452. The summed E-state index contributed by atoms with van der Waals surface area (Å²) in [6.07, 6.45) is 1.06. The fourth-order valence-corrected chi connectivity index (χ4v) is 2.82. The summed E-state index contributed by atoms with van der Waals surface area (Å²) in [5, 5.41) is -0.359. The van der Waals surface area contributed by atoms with Crippen LogP contribution in [0.2, 0.25) is 5.02 Å². The SMILES string of the molecule is CCC(C)(C)c1ccc(C(Cl)c2cccc(F)c2Cl)cc1. The molecule has 0 aliphatic carbocycles. The highest BCUT2D eigenvalue weighted by atomic mass is 35.5. The average molecular weight is 325 g/mol. The predicted octanol–water partition coefficient (Wildman–Crippen LogP) is 6.49. The Labute approximate surface area is 135 Å². The van der Waals surface area contributed by atoms with Gasteiger partial charge in [-0.05, 0) is 34.6 Å². The summed E-state index contributed by atoms with van der Waals surface area (Å²) in [6.45, 7) is 6.60. The number of halogens is 3. The van der Waals surface area contributed by atoms with Crippen molar-refractivity contribution < 1.29 is 4.39 Å². The molecule has 2 aromatic carbocycles. The van der Waals surface area contributed by atoms with E-state index in [1.807, 2.05) is 12.1 Å². The monoisotopic (exact) mass is 324 g/mol. The van der Waals surface area contributed by atoms with Crippen molar-refractivity contribution in [2.75, 3.05) is 0 Å². The second kappa shape index (κ2) is 6.37. The normalized spacial score (nSPS) is 13.2. The van der Waals surface area contributed by atoms with Crippen LogP contribution >= 0.6 is 23.2 Å². The maximum Gasteiger partial charge on any atom is 0.142 e. The van der Waals surface area contributed by atoms with Crippen LogP contribution in [0.1, 0.15) is 49.3 Å². The van der Waals surface area contributed by atoms with Crippen LogP contribution in [-0.4, -0.2) is 0 Å². The zero-order valence-corrected chi connectivity index (χ0v) is 14.0. The molecule has 0 fully saturated rings. The number of hydrogen-bond acceptors (Lipinski definition) is 0. The molecule has 0 N–H and O–H groups in total. The summed E-state index contributed by atoms with van der Waals surface area (Å²) in [7, 11) is 0. The van der Waals surface area contributed by atoms with Crippen molar-refractivity contribution >= 4 is 23.2 Å². The van der Waals surface area contributed by atoms with Gasteiger partial charge in [0.05, 0.1) is 10.4 Å². The second-order valence-corrected chi connectivity index (χ2v) is 6.68. The molecule has 0 spiro atoms. The Morgan fingerprint density at radius 2 is 1.71 bits per heavy atom. The largest absolute Gasteiger partial charge is 0.205 e. The molecular weight excluding hydrogens is 306 g/mol. The van der Waals surface area contributed by atoms with Crippen LogP contribution in [0.5, 0.6) is 0 Å². The lowest BCUT2D eigenvalue weighted by Gasteiger charge is -2.24. The third-order valence-corrected chi connectivity index (χ3v) is 5.01. The molecule has 0 saturated carbocycles. The number of rotatable bonds is 4. The topological polar surface area (TPSA) is 0 Å². The Bertz CT molecular complexity index is 618. The molecule has 2 rings (SSSR count). The standard InChI is InChI=1S/C18H19Cl2F/c1-4-18(2,3)13-10-8-12(9-11-13)16(19)14-6-5-7-15(21)17(14)20/h5-11,16H,4H2,1-3H3. The van der Waals surface area contributed by atoms with E-state index in [1.54, 1.807) is 12.1 Å². The molecule has 0 radical (unpaired) electrons. The minimum absolute atomic E-state index is 0.0930. The molecule has 0 saturated heterocycles. The summed E-state index contributed by atoms with van der Waals surface area (Å²) in [5.41, 5.74) is 2.92. The fourth-order valence-electron chi connectivity index (χ4n) is 2.20. The Hall–Kier alpha value is -1.05. The third-order valence-electron chi connectivity index (χ3n) is 4.12. The number of hydrogen-bond donors (Lipinski definition) is 0. The van der Waals surface area contributed by atoms with Crippen molar-refractivity contribution in [3.05, 3.63) is 70.0 Å². The molecule has 3 heteroatoms. The van der Waals surface area contributed by atoms with Gasteiger partial charge in [0.15, 0.2) is 0 Å². The van der Waals surface area contributed by atoms with E-state index in [-0.39, 0.29) is 10.4 Å². The highest BCUT2D eigenvalue weighted by Crippen LogP contribution is 2.36. The lowest BCUT2D eigenvalue weighted by molar-refractivity contribution is 0.506. The van der Waals surface area contributed by atoms with Gasteiger partial charge in [-0.2, -0.15) is 0 Å². The van der Waals surface area contributed by atoms with Crippen molar-refractivity contribution in [3.63, 3.8) is 0 Å². The van der Waals surface area contributed by atoms with Gasteiger partial charge in [-0.1, -0.05) is 68.8 Å². The summed E-state index contributed by atoms with van der Waals surface area (Å²) in [6, 6.07) is 12.9. The molecular formula is C18H19Cl2F. The maximum atomic E-state index is 13.5. The molecule has 1 unspecified atom stereocenters. The van der Waals surface area contributed by atoms with E-state index in [1.165, 1.54) is 11.6 Å². The second-order valence-electron chi connectivity index (χ2n) is 5.87. The van der Waals surface area contributed by atoms with E-state index in [0.717, 1.165) is 12.0 Å². The van der Waals surface area contributed by atoms with Gasteiger partial charge >= 0.3 is 0 Å². The average Bonchev–Trinajstić information content (AvgIpc) is 2.49. The van der Waals surface area contributed by atoms with Crippen molar-refractivity contribution in [1.82, 2.24) is 0 Å². The first-order valence-electron chi connectivity index (χ1n) is 7.05. The van der Waals surface area contributed by atoms with Gasteiger partial charge in [-0.25, -0.2) is 4.39 Å². The fraction of sp³-hybridized carbons (Fsp3) is 0.333. The van der Waals surface area contributed by atoms with E-state index < -0.39 is 11.2 Å². The molecule has 0 heterocycles. The molecule has 112 valence electrons. The number of alkyl halides is 1. The zero-order chi connectivity index (χ0) is 15.6. The predicted molar refractivity (Wildman–Crippen MR) is 88.9 cm³/mol. The van der Waals surface area contributed by atoms with Crippen LogP contribution in [0.15, 0.2) is 42.5 Å². The molecule has 0 aliphatic rings. The van der Waals surface area contributed by atoms with Crippen LogP contribution in [-0.2, 0) is 5.41 Å². The molecule has 0 aromatic heterocycles. The van der Waals surface area contributed by atoms with E-state index in [0.29, 0.717) is 5.56 Å². The van der Waals surface area contributed by atoms with Crippen LogP contribution in [0, 0.1) is 5.82 Å². The van der Waals surface area contributed by atoms with E-state index in [4.69, 9.17) is 23.2 Å². The van der Waals surface area contributed by atoms with Gasteiger partial charge in [-0.15, -0.1) is 11.6 Å². The smallest absolute Gasteiger partial charge is 0.142 e. The Morgan fingerprint density at radius 3 is 2.29 bits per heavy atom. The van der Waals surface area contributed by atoms with E-state index in [9.17, 15) is 4.39 Å². The zero-order valence-electron chi connectivity index (χ0n) is 12.5. The van der Waals surface area contributed by atoms with Gasteiger partial charge in [0.2, 0.25) is 0 Å². The van der Waals surface area contributed by atoms with Gasteiger partial charge in [-0.3, -0.25) is 0 Å². The number of benzene rings is 2. The van der Waals surface area contributed by atoms with Crippen LogP contribution in [0.25, 0.3) is 0 Å². The van der Waals surface area contributed by atoms with Crippen molar-refractivity contribution in [2.24, 2.45) is 0 Å². The molecule has 0 aliphatic heterocycles. The highest BCUT2D eigenvalue weighted by Gasteiger charge is 2.20. The Balaban J connectivity index is 2.32. The van der Waals surface area contributed by atoms with Crippen LogP contribution < -0.4 is 0 Å². The first-order valence-corrected chi connectivity index (χ1v) is 7.86. The van der Waals surface area contributed by atoms with Gasteiger partial charge in [0, 0.05) is 0 Å². The summed E-state index contributed by atoms with van der Waals surface area (Å²) in [5.74, 6) is -0.441. The lowest BCUT2D eigenvalue weighted by atomic mass is 9.82. The van der Waals surface area contributed by atoms with Gasteiger partial charge in [0.25, 0.3) is 0 Å². The minimum Gasteiger partial charge on any atom is -0.205 e. The first kappa shape index (κ1) is 16.3. The summed E-state index contributed by atoms with van der Waals surface area (Å²) < 4.78 is 13.5. The van der Waals surface area contributed by atoms with Crippen LogP contribution in [0.4, 0.5) is 4.39 Å². The van der Waals surface area contributed by atoms with Crippen molar-refractivity contribution in [2.45, 2.75) is 38.0 Å². The molecule has 21 heavy (non-hydrogen) atoms. The van der Waals surface area contributed by atoms with Crippen molar-refractivity contribution in [3.8, 4) is 0 Å². The highest BCUT2D eigenvalue weighted by molar-refractivity contribution is 6.33. The third kappa shape index (κ3) is 3.41.